The molecule has 2 atom stereocenters. The van der Waals surface area contributed by atoms with Crippen LogP contribution in [0.2, 0.25) is 0 Å². The summed E-state index contributed by atoms with van der Waals surface area (Å²) in [5, 5.41) is 14.6. The van der Waals surface area contributed by atoms with Gasteiger partial charge in [0, 0.05) is 36.2 Å². The van der Waals surface area contributed by atoms with Gasteiger partial charge in [-0.1, -0.05) is 0 Å². The molecule has 4 N–H and O–H groups in total. The number of anilines is 2. The lowest BCUT2D eigenvalue weighted by Gasteiger charge is -2.18. The normalized spacial score (nSPS) is 19.4. The number of nitrogens with one attached hydrogen (secondary N) is 1. The first-order chi connectivity index (χ1) is 13.4. The van der Waals surface area contributed by atoms with Crippen molar-refractivity contribution in [1.29, 1.82) is 0 Å². The molecule has 0 aromatic carbocycles. The van der Waals surface area contributed by atoms with Crippen LogP contribution in [0, 0.1) is 0 Å². The van der Waals surface area contributed by atoms with E-state index in [0.29, 0.717) is 23.3 Å². The maximum atomic E-state index is 13.1. The van der Waals surface area contributed by atoms with Crippen molar-refractivity contribution in [3.05, 3.63) is 41.1 Å². The minimum atomic E-state index is -0.315. The van der Waals surface area contributed by atoms with Crippen molar-refractivity contribution in [2.45, 2.75) is 51.3 Å². The highest BCUT2D eigenvalue weighted by atomic mass is 16.3. The summed E-state index contributed by atoms with van der Waals surface area (Å²) >= 11 is 0. The van der Waals surface area contributed by atoms with Gasteiger partial charge in [0.05, 0.1) is 17.2 Å². The molecule has 0 aliphatic heterocycles. The Balaban J connectivity index is 1.88. The largest absolute Gasteiger partial charge is 0.393 e. The fraction of sp³-hybridized carbons (Fsp3) is 0.400. The van der Waals surface area contributed by atoms with Gasteiger partial charge in [0.25, 0.3) is 5.56 Å². The standard InChI is InChI=1S/C20H24N6O2/c1-11(2)26-6-5-12-7-16(13-9-22-20(21)23-10-13)25-18(17(12)19(26)28)24-14-3-4-15(27)8-14/h5-7,9-11,14-15,27H,3-4,8H2,1-2H3,(H,24,25)(H2,21,22,23). The van der Waals surface area contributed by atoms with Crippen LogP contribution in [0.5, 0.6) is 0 Å². The quantitative estimate of drug-likeness (QED) is 0.635. The number of aliphatic hydroxyl groups is 1. The van der Waals surface area contributed by atoms with Crippen LogP contribution in [-0.4, -0.2) is 36.8 Å². The Labute approximate surface area is 162 Å². The van der Waals surface area contributed by atoms with Gasteiger partial charge in [0.1, 0.15) is 5.82 Å². The van der Waals surface area contributed by atoms with Gasteiger partial charge >= 0.3 is 0 Å². The van der Waals surface area contributed by atoms with Crippen molar-refractivity contribution in [2.24, 2.45) is 0 Å². The highest BCUT2D eigenvalue weighted by Gasteiger charge is 2.24. The van der Waals surface area contributed by atoms with Crippen LogP contribution in [0.3, 0.4) is 0 Å². The number of pyridine rings is 2. The van der Waals surface area contributed by atoms with Gasteiger partial charge in [-0.3, -0.25) is 4.79 Å². The first-order valence-electron chi connectivity index (χ1n) is 9.50. The number of rotatable bonds is 4. The highest BCUT2D eigenvalue weighted by Crippen LogP contribution is 2.29. The van der Waals surface area contributed by atoms with Gasteiger partial charge in [0.2, 0.25) is 5.95 Å². The fourth-order valence-electron chi connectivity index (χ4n) is 3.69. The van der Waals surface area contributed by atoms with E-state index in [4.69, 9.17) is 10.7 Å². The van der Waals surface area contributed by atoms with E-state index in [2.05, 4.69) is 15.3 Å². The topological polar surface area (TPSA) is 119 Å². The number of nitrogens with two attached hydrogens (primary N) is 1. The molecule has 1 aliphatic carbocycles. The summed E-state index contributed by atoms with van der Waals surface area (Å²) in [6.07, 6.45) is 6.96. The molecule has 1 aliphatic rings. The lowest BCUT2D eigenvalue weighted by molar-refractivity contribution is 0.182. The molecule has 8 nitrogen and oxygen atoms in total. The maximum Gasteiger partial charge on any atom is 0.262 e. The number of fused-ring (bicyclic) bond motifs is 1. The molecule has 3 aromatic rings. The molecule has 3 aromatic heterocycles. The molecule has 4 rings (SSSR count). The molecule has 28 heavy (non-hydrogen) atoms. The van der Waals surface area contributed by atoms with E-state index < -0.39 is 0 Å². The molecule has 0 amide bonds. The Kier molecular flexibility index (Phi) is 4.72. The summed E-state index contributed by atoms with van der Waals surface area (Å²) in [5.41, 5.74) is 6.89. The monoisotopic (exact) mass is 380 g/mol. The molecule has 0 spiro atoms. The maximum absolute atomic E-state index is 13.1. The molecule has 3 heterocycles. The van der Waals surface area contributed by atoms with Crippen LogP contribution >= 0.6 is 0 Å². The summed E-state index contributed by atoms with van der Waals surface area (Å²) in [5.74, 6) is 0.728. The van der Waals surface area contributed by atoms with Crippen molar-refractivity contribution in [3.8, 4) is 11.3 Å². The zero-order chi connectivity index (χ0) is 19.8. The predicted octanol–water partition coefficient (Wildman–Crippen LogP) is 2.34. The van der Waals surface area contributed by atoms with Gasteiger partial charge in [0.15, 0.2) is 0 Å². The Bertz CT molecular complexity index is 1060. The number of aliphatic hydroxyl groups excluding tert-OH is 1. The Hall–Kier alpha value is -3.00. The minimum absolute atomic E-state index is 0.0447. The number of nitrogens with zero attached hydrogens (tertiary/aromatic N) is 4. The zero-order valence-electron chi connectivity index (χ0n) is 16.0. The van der Waals surface area contributed by atoms with Crippen LogP contribution in [0.1, 0.15) is 39.2 Å². The number of hydrogen-bond donors (Lipinski definition) is 3. The van der Waals surface area contributed by atoms with E-state index in [1.54, 1.807) is 17.0 Å². The van der Waals surface area contributed by atoms with Crippen LogP contribution in [0.25, 0.3) is 22.0 Å². The molecule has 2 unspecified atom stereocenters. The van der Waals surface area contributed by atoms with E-state index in [1.807, 2.05) is 32.2 Å². The summed E-state index contributed by atoms with van der Waals surface area (Å²) in [7, 11) is 0. The molecule has 146 valence electrons. The first-order valence-corrected chi connectivity index (χ1v) is 9.50. The molecular formula is C20H24N6O2. The number of nitrogen functional groups attached to an aromatic ring is 1. The lowest BCUT2D eigenvalue weighted by Crippen LogP contribution is -2.24. The zero-order valence-corrected chi connectivity index (χ0v) is 16.0. The highest BCUT2D eigenvalue weighted by molar-refractivity contribution is 5.94. The van der Waals surface area contributed by atoms with Crippen molar-refractivity contribution >= 4 is 22.5 Å². The molecule has 1 fully saturated rings. The summed E-state index contributed by atoms with van der Waals surface area (Å²) < 4.78 is 1.70. The van der Waals surface area contributed by atoms with E-state index in [1.165, 1.54) is 0 Å². The van der Waals surface area contributed by atoms with Crippen LogP contribution in [0.15, 0.2) is 35.5 Å². The molecule has 1 saturated carbocycles. The first kappa shape index (κ1) is 18.4. The van der Waals surface area contributed by atoms with Gasteiger partial charge in [-0.25, -0.2) is 15.0 Å². The van der Waals surface area contributed by atoms with Crippen LogP contribution in [0.4, 0.5) is 11.8 Å². The SMILES string of the molecule is CC(C)n1ccc2cc(-c3cnc(N)nc3)nc(NC3CCC(O)C3)c2c1=O. The summed E-state index contributed by atoms with van der Waals surface area (Å²) in [6, 6.07) is 3.92. The van der Waals surface area contributed by atoms with E-state index in [-0.39, 0.29) is 29.7 Å². The summed E-state index contributed by atoms with van der Waals surface area (Å²) in [6.45, 7) is 3.95. The smallest absolute Gasteiger partial charge is 0.262 e. The average molecular weight is 380 g/mol. The van der Waals surface area contributed by atoms with Crippen molar-refractivity contribution < 1.29 is 5.11 Å². The third kappa shape index (κ3) is 3.43. The van der Waals surface area contributed by atoms with E-state index in [9.17, 15) is 9.90 Å². The van der Waals surface area contributed by atoms with Gasteiger partial charge < -0.3 is 20.7 Å². The Morgan fingerprint density at radius 3 is 2.68 bits per heavy atom. The van der Waals surface area contributed by atoms with Gasteiger partial charge in [-0.2, -0.15) is 0 Å². The van der Waals surface area contributed by atoms with Gasteiger partial charge in [-0.15, -0.1) is 0 Å². The minimum Gasteiger partial charge on any atom is -0.393 e. The van der Waals surface area contributed by atoms with E-state index >= 15 is 0 Å². The van der Waals surface area contributed by atoms with Crippen molar-refractivity contribution in [3.63, 3.8) is 0 Å². The molecule has 8 heteroatoms. The second kappa shape index (κ2) is 7.20. The molecule has 0 saturated heterocycles. The molecule has 0 radical (unpaired) electrons. The number of aromatic nitrogens is 4. The lowest BCUT2D eigenvalue weighted by atomic mass is 10.1. The Morgan fingerprint density at radius 2 is 2.04 bits per heavy atom. The molecular weight excluding hydrogens is 356 g/mol. The third-order valence-electron chi connectivity index (χ3n) is 5.18. The average Bonchev–Trinajstić information content (AvgIpc) is 3.06. The van der Waals surface area contributed by atoms with Crippen LogP contribution < -0.4 is 16.6 Å². The third-order valence-corrected chi connectivity index (χ3v) is 5.18. The van der Waals surface area contributed by atoms with Crippen molar-refractivity contribution in [2.75, 3.05) is 11.1 Å². The summed E-state index contributed by atoms with van der Waals surface area (Å²) in [4.78, 5) is 25.9. The predicted molar refractivity (Wildman–Crippen MR) is 109 cm³/mol. The number of hydrogen-bond acceptors (Lipinski definition) is 7. The van der Waals surface area contributed by atoms with Gasteiger partial charge in [-0.05, 0) is 50.6 Å². The fourth-order valence-corrected chi connectivity index (χ4v) is 3.69. The van der Waals surface area contributed by atoms with E-state index in [0.717, 1.165) is 23.8 Å². The second-order valence-electron chi connectivity index (χ2n) is 7.58. The Morgan fingerprint density at radius 1 is 1.29 bits per heavy atom. The second-order valence-corrected chi connectivity index (χ2v) is 7.58. The van der Waals surface area contributed by atoms with Crippen molar-refractivity contribution in [1.82, 2.24) is 19.5 Å². The molecule has 0 bridgehead atoms. The van der Waals surface area contributed by atoms with Crippen LogP contribution in [-0.2, 0) is 0 Å².